The van der Waals surface area contributed by atoms with E-state index in [1.165, 1.54) is 24.7 Å². The van der Waals surface area contributed by atoms with Gasteiger partial charge in [0.15, 0.2) is 5.96 Å². The Balaban J connectivity index is 2.12. The Morgan fingerprint density at radius 1 is 1.31 bits per heavy atom. The third-order valence-corrected chi connectivity index (χ3v) is 6.11. The third kappa shape index (κ3) is 8.22. The lowest BCUT2D eigenvalue weighted by Gasteiger charge is -2.27. The number of aliphatic imine (C=N–C) groups is 1. The monoisotopic (exact) mass is 424 g/mol. The van der Waals surface area contributed by atoms with Gasteiger partial charge in [-0.2, -0.15) is 0 Å². The van der Waals surface area contributed by atoms with E-state index in [9.17, 15) is 8.42 Å². The Kier molecular flexibility index (Phi) is 9.23. The average molecular weight is 425 g/mol. The van der Waals surface area contributed by atoms with Gasteiger partial charge in [-0.25, -0.2) is 8.42 Å². The van der Waals surface area contributed by atoms with Gasteiger partial charge >= 0.3 is 0 Å². The van der Waals surface area contributed by atoms with Gasteiger partial charge in [0, 0.05) is 18.8 Å². The minimum Gasteiger partial charge on any atom is -0.497 e. The molecule has 164 valence electrons. The minimum absolute atomic E-state index is 0.0181. The predicted octanol–water partition coefficient (Wildman–Crippen LogP) is 2.21. The molecule has 1 heterocycles. The van der Waals surface area contributed by atoms with Crippen LogP contribution in [0, 0.1) is 0 Å². The molecule has 7 nitrogen and oxygen atoms in total. The van der Waals surface area contributed by atoms with Crippen molar-refractivity contribution in [3.63, 3.8) is 0 Å². The predicted molar refractivity (Wildman–Crippen MR) is 119 cm³/mol. The number of hydrogen-bond donors (Lipinski definition) is 2. The Labute approximate surface area is 175 Å². The highest BCUT2D eigenvalue weighted by molar-refractivity contribution is 7.90. The summed E-state index contributed by atoms with van der Waals surface area (Å²) < 4.78 is 28.3. The Bertz CT molecular complexity index is 761. The Hall–Kier alpha value is -1.80. The maximum atomic E-state index is 11.4. The molecule has 1 aromatic rings. The second-order valence-electron chi connectivity index (χ2n) is 7.72. The van der Waals surface area contributed by atoms with E-state index in [-0.39, 0.29) is 17.8 Å². The molecule has 0 radical (unpaired) electrons. The van der Waals surface area contributed by atoms with Gasteiger partial charge in [-0.3, -0.25) is 9.89 Å². The number of methoxy groups -OCH3 is 1. The number of benzene rings is 1. The van der Waals surface area contributed by atoms with Crippen LogP contribution in [0.2, 0.25) is 0 Å². The maximum absolute atomic E-state index is 11.4. The van der Waals surface area contributed by atoms with E-state index in [1.54, 1.807) is 7.11 Å². The fourth-order valence-electron chi connectivity index (χ4n) is 3.53. The first-order valence-corrected chi connectivity index (χ1v) is 12.5. The quantitative estimate of drug-likeness (QED) is 0.443. The van der Waals surface area contributed by atoms with Gasteiger partial charge < -0.3 is 15.4 Å². The van der Waals surface area contributed by atoms with Crippen molar-refractivity contribution in [3.8, 4) is 5.75 Å². The van der Waals surface area contributed by atoms with Gasteiger partial charge in [-0.1, -0.05) is 12.1 Å². The molecular formula is C21H36N4O3S. The van der Waals surface area contributed by atoms with E-state index in [2.05, 4.69) is 27.7 Å². The van der Waals surface area contributed by atoms with Crippen LogP contribution in [-0.4, -0.2) is 70.6 Å². The normalized spacial score (nSPS) is 17.7. The first kappa shape index (κ1) is 23.5. The summed E-state index contributed by atoms with van der Waals surface area (Å²) in [5.74, 6) is 1.75. The summed E-state index contributed by atoms with van der Waals surface area (Å²) in [6.07, 6.45) is 4.25. The van der Waals surface area contributed by atoms with Crippen molar-refractivity contribution in [3.05, 3.63) is 29.8 Å². The highest BCUT2D eigenvalue weighted by Crippen LogP contribution is 2.27. The second kappa shape index (κ2) is 11.4. The molecule has 0 saturated carbocycles. The van der Waals surface area contributed by atoms with E-state index >= 15 is 0 Å². The molecular weight excluding hydrogens is 388 g/mol. The van der Waals surface area contributed by atoms with Crippen LogP contribution in [0.4, 0.5) is 0 Å². The Morgan fingerprint density at radius 2 is 2.03 bits per heavy atom. The SMILES string of the molecule is CCNC(=NCC(c1cccc(OC)c1)N1CCCC1)NC(C)CCS(C)(=O)=O. The molecule has 1 aliphatic rings. The molecule has 2 atom stereocenters. The molecule has 2 N–H and O–H groups in total. The number of hydrogen-bond acceptors (Lipinski definition) is 5. The zero-order valence-corrected chi connectivity index (χ0v) is 19.0. The van der Waals surface area contributed by atoms with E-state index in [4.69, 9.17) is 9.73 Å². The molecule has 1 fully saturated rings. The van der Waals surface area contributed by atoms with Crippen molar-refractivity contribution in [1.29, 1.82) is 0 Å². The molecule has 0 spiro atoms. The van der Waals surface area contributed by atoms with Crippen molar-refractivity contribution >= 4 is 15.8 Å². The number of rotatable bonds is 10. The molecule has 8 heteroatoms. The van der Waals surface area contributed by atoms with Crippen molar-refractivity contribution in [1.82, 2.24) is 15.5 Å². The summed E-state index contributed by atoms with van der Waals surface area (Å²) in [7, 11) is -1.28. The molecule has 1 aromatic carbocycles. The largest absolute Gasteiger partial charge is 0.497 e. The Morgan fingerprint density at radius 3 is 2.66 bits per heavy atom. The highest BCUT2D eigenvalue weighted by Gasteiger charge is 2.24. The zero-order chi connectivity index (χ0) is 21.3. The first-order chi connectivity index (χ1) is 13.8. The summed E-state index contributed by atoms with van der Waals surface area (Å²) in [5.41, 5.74) is 1.20. The van der Waals surface area contributed by atoms with Crippen LogP contribution in [-0.2, 0) is 9.84 Å². The highest BCUT2D eigenvalue weighted by atomic mass is 32.2. The van der Waals surface area contributed by atoms with Crippen molar-refractivity contribution < 1.29 is 13.2 Å². The van der Waals surface area contributed by atoms with Crippen LogP contribution in [0.1, 0.15) is 44.7 Å². The number of ether oxygens (including phenoxy) is 1. The molecule has 0 amide bonds. The van der Waals surface area contributed by atoms with Gasteiger partial charge in [0.2, 0.25) is 0 Å². The third-order valence-electron chi connectivity index (χ3n) is 5.13. The number of likely N-dealkylation sites (tertiary alicyclic amines) is 1. The van der Waals surface area contributed by atoms with Crippen molar-refractivity contribution in [2.24, 2.45) is 4.99 Å². The standard InChI is InChI=1S/C21H36N4O3S/c1-5-22-21(24-17(2)11-14-29(4,26)27)23-16-20(25-12-6-7-13-25)18-9-8-10-19(15-18)28-3/h8-10,15,17,20H,5-7,11-14,16H2,1-4H3,(H2,22,23,24). The summed E-state index contributed by atoms with van der Waals surface area (Å²) in [4.78, 5) is 7.32. The van der Waals surface area contributed by atoms with Crippen LogP contribution in [0.25, 0.3) is 0 Å². The maximum Gasteiger partial charge on any atom is 0.191 e. The van der Waals surface area contributed by atoms with E-state index in [0.717, 1.165) is 31.3 Å². The van der Waals surface area contributed by atoms with Gasteiger partial charge in [-0.15, -0.1) is 0 Å². The number of nitrogens with zero attached hydrogens (tertiary/aromatic N) is 2. The van der Waals surface area contributed by atoms with E-state index in [0.29, 0.717) is 13.0 Å². The molecule has 29 heavy (non-hydrogen) atoms. The van der Waals surface area contributed by atoms with Gasteiger partial charge in [-0.05, 0) is 63.9 Å². The van der Waals surface area contributed by atoms with E-state index in [1.807, 2.05) is 26.0 Å². The lowest BCUT2D eigenvalue weighted by Crippen LogP contribution is -2.43. The topological polar surface area (TPSA) is 83.0 Å². The number of sulfone groups is 1. The number of nitrogens with one attached hydrogen (secondary N) is 2. The summed E-state index contributed by atoms with van der Waals surface area (Å²) in [6.45, 7) is 7.54. The molecule has 2 rings (SSSR count). The van der Waals surface area contributed by atoms with Crippen LogP contribution >= 0.6 is 0 Å². The average Bonchev–Trinajstić information content (AvgIpc) is 3.21. The fourth-order valence-corrected chi connectivity index (χ4v) is 4.31. The molecule has 1 aliphatic heterocycles. The van der Waals surface area contributed by atoms with Crippen LogP contribution in [0.3, 0.4) is 0 Å². The summed E-state index contributed by atoms with van der Waals surface area (Å²) in [6, 6.07) is 8.42. The zero-order valence-electron chi connectivity index (χ0n) is 18.1. The fraction of sp³-hybridized carbons (Fsp3) is 0.667. The molecule has 1 saturated heterocycles. The molecule has 2 unspecified atom stereocenters. The first-order valence-electron chi connectivity index (χ1n) is 10.4. The van der Waals surface area contributed by atoms with Crippen LogP contribution < -0.4 is 15.4 Å². The molecule has 0 bridgehead atoms. The van der Waals surface area contributed by atoms with Crippen LogP contribution in [0.5, 0.6) is 5.75 Å². The van der Waals surface area contributed by atoms with Crippen molar-refractivity contribution in [2.75, 3.05) is 45.3 Å². The summed E-state index contributed by atoms with van der Waals surface area (Å²) in [5, 5.41) is 6.62. The second-order valence-corrected chi connectivity index (χ2v) is 9.98. The van der Waals surface area contributed by atoms with Crippen LogP contribution in [0.15, 0.2) is 29.3 Å². The molecule has 0 aliphatic carbocycles. The summed E-state index contributed by atoms with van der Waals surface area (Å²) >= 11 is 0. The van der Waals surface area contributed by atoms with Gasteiger partial charge in [0.05, 0.1) is 25.4 Å². The molecule has 0 aromatic heterocycles. The number of guanidine groups is 1. The lowest BCUT2D eigenvalue weighted by atomic mass is 10.1. The lowest BCUT2D eigenvalue weighted by molar-refractivity contribution is 0.251. The van der Waals surface area contributed by atoms with E-state index < -0.39 is 9.84 Å². The minimum atomic E-state index is -2.97. The van der Waals surface area contributed by atoms with Crippen molar-refractivity contribution in [2.45, 2.75) is 45.2 Å². The van der Waals surface area contributed by atoms with Gasteiger partial charge in [0.25, 0.3) is 0 Å². The smallest absolute Gasteiger partial charge is 0.191 e. The van der Waals surface area contributed by atoms with Gasteiger partial charge in [0.1, 0.15) is 15.6 Å².